The number of benzene rings is 2. The van der Waals surface area contributed by atoms with E-state index in [1.807, 2.05) is 13.0 Å². The van der Waals surface area contributed by atoms with Crippen molar-refractivity contribution in [2.75, 3.05) is 26.1 Å². The third kappa shape index (κ3) is 6.01. The lowest BCUT2D eigenvalue weighted by Gasteiger charge is -2.12. The van der Waals surface area contributed by atoms with Crippen LogP contribution in [0.4, 0.5) is 10.5 Å². The van der Waals surface area contributed by atoms with Crippen molar-refractivity contribution >= 4 is 35.6 Å². The molecule has 3 aromatic rings. The molecular formula is C27H25N3O8. The summed E-state index contributed by atoms with van der Waals surface area (Å²) in [4.78, 5) is 50.0. The van der Waals surface area contributed by atoms with Gasteiger partial charge in [-0.3, -0.25) is 9.59 Å². The minimum atomic E-state index is -0.697. The molecule has 38 heavy (non-hydrogen) atoms. The maximum Gasteiger partial charge on any atom is 0.373 e. The molecule has 2 aromatic carbocycles. The minimum Gasteiger partial charge on any atom is -0.493 e. The third-order valence-corrected chi connectivity index (χ3v) is 5.48. The number of ether oxygens (including phenoxy) is 3. The molecule has 2 N–H and O–H groups in total. The number of amides is 4. The monoisotopic (exact) mass is 519 g/mol. The lowest BCUT2D eigenvalue weighted by atomic mass is 10.1. The molecule has 1 aromatic heterocycles. The molecule has 0 saturated carbocycles. The fourth-order valence-electron chi connectivity index (χ4n) is 3.66. The Balaban J connectivity index is 1.41. The highest BCUT2D eigenvalue weighted by Crippen LogP contribution is 2.30. The quantitative estimate of drug-likeness (QED) is 0.249. The molecule has 0 radical (unpaired) electrons. The number of hydrogen-bond acceptors (Lipinski definition) is 8. The zero-order valence-corrected chi connectivity index (χ0v) is 20.9. The molecule has 0 atom stereocenters. The lowest BCUT2D eigenvalue weighted by molar-refractivity contribution is -0.127. The molecule has 0 spiro atoms. The van der Waals surface area contributed by atoms with Gasteiger partial charge in [0.2, 0.25) is 11.7 Å². The van der Waals surface area contributed by atoms with E-state index in [2.05, 4.69) is 15.4 Å². The number of esters is 1. The third-order valence-electron chi connectivity index (χ3n) is 5.48. The van der Waals surface area contributed by atoms with Gasteiger partial charge in [-0.25, -0.2) is 14.5 Å². The number of urea groups is 1. The fraction of sp³-hybridized carbons (Fsp3) is 0.185. The Hall–Kier alpha value is -5.06. The predicted octanol–water partition coefficient (Wildman–Crippen LogP) is 3.49. The van der Waals surface area contributed by atoms with Crippen LogP contribution in [0.1, 0.15) is 27.4 Å². The van der Waals surface area contributed by atoms with Crippen LogP contribution >= 0.6 is 0 Å². The van der Waals surface area contributed by atoms with Gasteiger partial charge in [0.05, 0.1) is 14.2 Å². The van der Waals surface area contributed by atoms with Crippen molar-refractivity contribution in [2.24, 2.45) is 0 Å². The number of aryl methyl sites for hydroxylation is 1. The van der Waals surface area contributed by atoms with Crippen molar-refractivity contribution in [1.82, 2.24) is 10.2 Å². The van der Waals surface area contributed by atoms with E-state index in [1.54, 1.807) is 42.5 Å². The van der Waals surface area contributed by atoms with Gasteiger partial charge in [0.1, 0.15) is 24.6 Å². The fourth-order valence-corrected chi connectivity index (χ4v) is 3.66. The number of anilines is 1. The minimum absolute atomic E-state index is 0.0139. The molecule has 11 nitrogen and oxygen atoms in total. The van der Waals surface area contributed by atoms with Crippen LogP contribution in [-0.2, 0) is 20.9 Å². The summed E-state index contributed by atoms with van der Waals surface area (Å²) in [6.07, 6.45) is 1.47. The number of carbonyl (C=O) groups is 4. The van der Waals surface area contributed by atoms with Gasteiger partial charge in [-0.15, -0.1) is 0 Å². The van der Waals surface area contributed by atoms with Crippen molar-refractivity contribution in [3.63, 3.8) is 0 Å². The molecule has 196 valence electrons. The van der Waals surface area contributed by atoms with E-state index >= 15 is 0 Å². The second-order valence-corrected chi connectivity index (χ2v) is 8.25. The van der Waals surface area contributed by atoms with Crippen molar-refractivity contribution < 1.29 is 37.8 Å². The van der Waals surface area contributed by atoms with Gasteiger partial charge < -0.3 is 29.3 Å². The zero-order chi connectivity index (χ0) is 27.2. The normalized spacial score (nSPS) is 13.9. The number of nitrogens with zero attached hydrogens (tertiary/aromatic N) is 1. The van der Waals surface area contributed by atoms with Gasteiger partial charge in [0, 0.05) is 5.69 Å². The first-order valence-electron chi connectivity index (χ1n) is 11.5. The molecule has 1 fully saturated rings. The molecule has 4 rings (SSSR count). The Bertz CT molecular complexity index is 1430. The average molecular weight is 520 g/mol. The van der Waals surface area contributed by atoms with Crippen LogP contribution in [-0.4, -0.2) is 49.5 Å². The Kier molecular flexibility index (Phi) is 7.76. The number of furan rings is 1. The van der Waals surface area contributed by atoms with E-state index in [0.717, 1.165) is 10.5 Å². The van der Waals surface area contributed by atoms with Crippen LogP contribution in [0, 0.1) is 6.92 Å². The summed E-state index contributed by atoms with van der Waals surface area (Å²) in [5.74, 6) is -0.501. The lowest BCUT2D eigenvalue weighted by Crippen LogP contribution is -2.38. The Morgan fingerprint density at radius 2 is 1.87 bits per heavy atom. The van der Waals surface area contributed by atoms with Crippen LogP contribution in [0.3, 0.4) is 0 Å². The summed E-state index contributed by atoms with van der Waals surface area (Å²) in [6.45, 7) is 1.48. The van der Waals surface area contributed by atoms with E-state index in [9.17, 15) is 19.2 Å². The average Bonchev–Trinajstić information content (AvgIpc) is 3.47. The van der Waals surface area contributed by atoms with Gasteiger partial charge in [0.25, 0.3) is 5.91 Å². The summed E-state index contributed by atoms with van der Waals surface area (Å²) in [5, 5.41) is 5.17. The zero-order valence-electron chi connectivity index (χ0n) is 20.9. The summed E-state index contributed by atoms with van der Waals surface area (Å²) in [6, 6.07) is 14.5. The molecule has 0 aliphatic carbocycles. The van der Waals surface area contributed by atoms with Gasteiger partial charge in [-0.05, 0) is 60.5 Å². The first kappa shape index (κ1) is 26.0. The Morgan fingerprint density at radius 1 is 1.05 bits per heavy atom. The Labute approximate surface area is 218 Å². The van der Waals surface area contributed by atoms with Crippen LogP contribution < -0.4 is 20.1 Å². The SMILES string of the molecule is COC(=O)c1ccc(COc2ccc(/C=C3/NC(=O)N(CC(=O)Nc4cccc(C)c4)C3=O)cc2OC)o1. The summed E-state index contributed by atoms with van der Waals surface area (Å²) in [7, 11) is 2.72. The summed E-state index contributed by atoms with van der Waals surface area (Å²) >= 11 is 0. The molecule has 1 saturated heterocycles. The number of nitrogens with one attached hydrogen (secondary N) is 2. The van der Waals surface area contributed by atoms with E-state index in [0.29, 0.717) is 28.5 Å². The van der Waals surface area contributed by atoms with Crippen LogP contribution in [0.25, 0.3) is 6.08 Å². The first-order chi connectivity index (χ1) is 18.3. The Morgan fingerprint density at radius 3 is 2.61 bits per heavy atom. The predicted molar refractivity (Wildman–Crippen MR) is 135 cm³/mol. The molecule has 1 aliphatic rings. The van der Waals surface area contributed by atoms with Crippen molar-refractivity contribution in [3.05, 3.63) is 82.9 Å². The number of rotatable bonds is 9. The summed E-state index contributed by atoms with van der Waals surface area (Å²) < 4.78 is 21.1. The topological polar surface area (TPSA) is 136 Å². The van der Waals surface area contributed by atoms with Crippen LogP contribution in [0.15, 0.2) is 64.7 Å². The maximum absolute atomic E-state index is 12.8. The van der Waals surface area contributed by atoms with Crippen LogP contribution in [0.2, 0.25) is 0 Å². The van der Waals surface area contributed by atoms with E-state index in [-0.39, 0.29) is 18.1 Å². The number of carbonyl (C=O) groups excluding carboxylic acids is 4. The van der Waals surface area contributed by atoms with Gasteiger partial charge in [0.15, 0.2) is 11.5 Å². The number of methoxy groups -OCH3 is 2. The largest absolute Gasteiger partial charge is 0.493 e. The van der Waals surface area contributed by atoms with Crippen molar-refractivity contribution in [2.45, 2.75) is 13.5 Å². The standard InChI is InChI=1S/C27H25N3O8/c1-16-5-4-6-18(11-16)28-24(31)14-30-25(32)20(29-27(30)34)12-17-7-9-21(23(13-17)35-2)37-15-19-8-10-22(38-19)26(33)36-3/h4-13H,14-15H2,1-3H3,(H,28,31)(H,29,34)/b20-12+. The maximum atomic E-state index is 12.8. The van der Waals surface area contributed by atoms with E-state index in [1.165, 1.54) is 26.4 Å². The van der Waals surface area contributed by atoms with Crippen molar-refractivity contribution in [3.8, 4) is 11.5 Å². The second-order valence-electron chi connectivity index (χ2n) is 8.25. The number of hydrogen-bond donors (Lipinski definition) is 2. The van der Waals surface area contributed by atoms with Gasteiger partial charge in [-0.1, -0.05) is 18.2 Å². The second kappa shape index (κ2) is 11.3. The molecule has 4 amide bonds. The first-order valence-corrected chi connectivity index (χ1v) is 11.5. The highest BCUT2D eigenvalue weighted by Gasteiger charge is 2.35. The van der Waals surface area contributed by atoms with Gasteiger partial charge >= 0.3 is 12.0 Å². The van der Waals surface area contributed by atoms with E-state index in [4.69, 9.17) is 13.9 Å². The molecule has 0 bridgehead atoms. The molecule has 2 heterocycles. The highest BCUT2D eigenvalue weighted by molar-refractivity contribution is 6.16. The smallest absolute Gasteiger partial charge is 0.373 e. The molecule has 0 unspecified atom stereocenters. The van der Waals surface area contributed by atoms with E-state index < -0.39 is 30.4 Å². The number of imide groups is 1. The van der Waals surface area contributed by atoms with Crippen molar-refractivity contribution in [1.29, 1.82) is 0 Å². The van der Waals surface area contributed by atoms with Crippen LogP contribution in [0.5, 0.6) is 11.5 Å². The van der Waals surface area contributed by atoms with Gasteiger partial charge in [-0.2, -0.15) is 0 Å². The molecule has 11 heteroatoms. The highest BCUT2D eigenvalue weighted by atomic mass is 16.5. The molecule has 1 aliphatic heterocycles. The summed E-state index contributed by atoms with van der Waals surface area (Å²) in [5.41, 5.74) is 2.10. The molecular weight excluding hydrogens is 494 g/mol.